The number of amides is 1. The summed E-state index contributed by atoms with van der Waals surface area (Å²) in [6.07, 6.45) is 4.88. The van der Waals surface area contributed by atoms with Gasteiger partial charge in [-0.05, 0) is 39.3 Å². The molecule has 2 rings (SSSR count). The van der Waals surface area contributed by atoms with Gasteiger partial charge in [0.1, 0.15) is 0 Å². The van der Waals surface area contributed by atoms with Crippen molar-refractivity contribution in [1.82, 2.24) is 15.5 Å². The second-order valence-electron chi connectivity index (χ2n) is 5.83. The SMILES string of the molecule is COC1CNC(C(=O)NC(C)CN2CCCCC2)C1. The zero-order chi connectivity index (χ0) is 13.7. The Hall–Kier alpha value is -0.650. The summed E-state index contributed by atoms with van der Waals surface area (Å²) in [6, 6.07) is 0.128. The first-order valence-electron chi connectivity index (χ1n) is 7.48. The predicted octanol–water partition coefficient (Wildman–Crippen LogP) is 0.354. The van der Waals surface area contributed by atoms with Crippen LogP contribution in [0, 0.1) is 0 Å². The fourth-order valence-corrected chi connectivity index (χ4v) is 3.00. The first-order valence-corrected chi connectivity index (χ1v) is 7.48. The van der Waals surface area contributed by atoms with Crippen molar-refractivity contribution in [3.05, 3.63) is 0 Å². The molecule has 0 bridgehead atoms. The van der Waals surface area contributed by atoms with Crippen LogP contribution in [0.3, 0.4) is 0 Å². The van der Waals surface area contributed by atoms with Gasteiger partial charge in [-0.15, -0.1) is 0 Å². The number of nitrogens with zero attached hydrogens (tertiary/aromatic N) is 1. The smallest absolute Gasteiger partial charge is 0.237 e. The Balaban J connectivity index is 1.69. The van der Waals surface area contributed by atoms with Crippen molar-refractivity contribution < 1.29 is 9.53 Å². The van der Waals surface area contributed by atoms with Crippen molar-refractivity contribution in [3.63, 3.8) is 0 Å². The number of ether oxygens (including phenoxy) is 1. The summed E-state index contributed by atoms with van der Waals surface area (Å²) in [6.45, 7) is 6.18. The molecule has 3 unspecified atom stereocenters. The highest BCUT2D eigenvalue weighted by Crippen LogP contribution is 2.11. The summed E-state index contributed by atoms with van der Waals surface area (Å²) in [7, 11) is 1.70. The zero-order valence-corrected chi connectivity index (χ0v) is 12.2. The number of methoxy groups -OCH3 is 1. The molecule has 2 aliphatic heterocycles. The number of rotatable bonds is 5. The summed E-state index contributed by atoms with van der Waals surface area (Å²) in [5.41, 5.74) is 0. The Bertz CT molecular complexity index is 292. The molecule has 0 spiro atoms. The minimum absolute atomic E-state index is 0.0891. The monoisotopic (exact) mass is 269 g/mol. The summed E-state index contributed by atoms with van der Waals surface area (Å²) < 4.78 is 5.27. The predicted molar refractivity (Wildman–Crippen MR) is 75.1 cm³/mol. The van der Waals surface area contributed by atoms with E-state index >= 15 is 0 Å². The quantitative estimate of drug-likeness (QED) is 0.756. The van der Waals surface area contributed by atoms with E-state index in [4.69, 9.17) is 4.74 Å². The molecule has 0 aromatic heterocycles. The van der Waals surface area contributed by atoms with Crippen molar-refractivity contribution in [1.29, 1.82) is 0 Å². The first-order chi connectivity index (χ1) is 9.19. The van der Waals surface area contributed by atoms with E-state index in [0.717, 1.165) is 19.5 Å². The van der Waals surface area contributed by atoms with Gasteiger partial charge in [-0.1, -0.05) is 6.42 Å². The van der Waals surface area contributed by atoms with E-state index in [1.807, 2.05) is 0 Å². The Morgan fingerprint density at radius 1 is 1.42 bits per heavy atom. The number of carbonyl (C=O) groups excluding carboxylic acids is 1. The molecule has 5 heteroatoms. The molecule has 0 radical (unpaired) electrons. The lowest BCUT2D eigenvalue weighted by atomic mass is 10.1. The molecule has 110 valence electrons. The minimum Gasteiger partial charge on any atom is -0.380 e. The number of hydrogen-bond donors (Lipinski definition) is 2. The third-order valence-electron chi connectivity index (χ3n) is 4.11. The molecule has 2 fully saturated rings. The molecule has 1 amide bonds. The van der Waals surface area contributed by atoms with Gasteiger partial charge in [0.2, 0.25) is 5.91 Å². The molecule has 2 aliphatic rings. The average molecular weight is 269 g/mol. The van der Waals surface area contributed by atoms with Crippen LogP contribution in [0.4, 0.5) is 0 Å². The molecule has 0 aromatic carbocycles. The lowest BCUT2D eigenvalue weighted by Crippen LogP contribution is -2.48. The van der Waals surface area contributed by atoms with E-state index < -0.39 is 0 Å². The van der Waals surface area contributed by atoms with Gasteiger partial charge in [0.25, 0.3) is 0 Å². The molecule has 0 aliphatic carbocycles. The molecule has 3 atom stereocenters. The molecule has 5 nitrogen and oxygen atoms in total. The number of piperidine rings is 1. The Kier molecular flexibility index (Phi) is 5.60. The van der Waals surface area contributed by atoms with Gasteiger partial charge in [-0.25, -0.2) is 0 Å². The van der Waals surface area contributed by atoms with Crippen LogP contribution in [0.15, 0.2) is 0 Å². The largest absolute Gasteiger partial charge is 0.380 e. The highest BCUT2D eigenvalue weighted by Gasteiger charge is 2.30. The van der Waals surface area contributed by atoms with E-state index in [9.17, 15) is 4.79 Å². The van der Waals surface area contributed by atoms with Gasteiger partial charge in [0, 0.05) is 26.2 Å². The summed E-state index contributed by atoms with van der Waals surface area (Å²) in [5, 5.41) is 6.33. The van der Waals surface area contributed by atoms with E-state index in [-0.39, 0.29) is 24.1 Å². The number of hydrogen-bond acceptors (Lipinski definition) is 4. The molecule has 2 heterocycles. The highest BCUT2D eigenvalue weighted by molar-refractivity contribution is 5.82. The van der Waals surface area contributed by atoms with Crippen LogP contribution >= 0.6 is 0 Å². The molecule has 0 saturated carbocycles. The highest BCUT2D eigenvalue weighted by atomic mass is 16.5. The lowest BCUT2D eigenvalue weighted by Gasteiger charge is -2.29. The number of carbonyl (C=O) groups is 1. The fourth-order valence-electron chi connectivity index (χ4n) is 3.00. The Morgan fingerprint density at radius 2 is 2.16 bits per heavy atom. The van der Waals surface area contributed by atoms with Crippen molar-refractivity contribution in [3.8, 4) is 0 Å². The molecule has 19 heavy (non-hydrogen) atoms. The molecular formula is C14H27N3O2. The maximum atomic E-state index is 12.1. The van der Waals surface area contributed by atoms with E-state index in [1.54, 1.807) is 7.11 Å². The van der Waals surface area contributed by atoms with E-state index in [0.29, 0.717) is 0 Å². The average Bonchev–Trinajstić information content (AvgIpc) is 2.88. The van der Waals surface area contributed by atoms with Crippen molar-refractivity contribution in [2.24, 2.45) is 0 Å². The first kappa shape index (κ1) is 14.8. The van der Waals surface area contributed by atoms with Crippen LogP contribution in [-0.4, -0.2) is 62.3 Å². The third-order valence-corrected chi connectivity index (χ3v) is 4.11. The van der Waals surface area contributed by atoms with Gasteiger partial charge < -0.3 is 20.3 Å². The van der Waals surface area contributed by atoms with Gasteiger partial charge >= 0.3 is 0 Å². The maximum absolute atomic E-state index is 12.1. The van der Waals surface area contributed by atoms with Crippen LogP contribution in [0.1, 0.15) is 32.6 Å². The topological polar surface area (TPSA) is 53.6 Å². The maximum Gasteiger partial charge on any atom is 0.237 e. The molecule has 2 N–H and O–H groups in total. The molecular weight excluding hydrogens is 242 g/mol. The summed E-state index contributed by atoms with van der Waals surface area (Å²) in [5.74, 6) is 0.115. The van der Waals surface area contributed by atoms with Gasteiger partial charge in [-0.3, -0.25) is 4.79 Å². The fraction of sp³-hybridized carbons (Fsp3) is 0.929. The van der Waals surface area contributed by atoms with Crippen LogP contribution in [0.25, 0.3) is 0 Å². The van der Waals surface area contributed by atoms with E-state index in [1.165, 1.54) is 32.4 Å². The molecule has 2 saturated heterocycles. The molecule has 0 aromatic rings. The number of nitrogens with one attached hydrogen (secondary N) is 2. The van der Waals surface area contributed by atoms with Gasteiger partial charge in [0.05, 0.1) is 12.1 Å². The second-order valence-corrected chi connectivity index (χ2v) is 5.83. The third kappa shape index (κ3) is 4.44. The van der Waals surface area contributed by atoms with Crippen LogP contribution < -0.4 is 10.6 Å². The van der Waals surface area contributed by atoms with Gasteiger partial charge in [0.15, 0.2) is 0 Å². The Morgan fingerprint density at radius 3 is 2.79 bits per heavy atom. The van der Waals surface area contributed by atoms with Crippen molar-refractivity contribution in [2.45, 2.75) is 50.8 Å². The van der Waals surface area contributed by atoms with Gasteiger partial charge in [-0.2, -0.15) is 0 Å². The summed E-state index contributed by atoms with van der Waals surface area (Å²) in [4.78, 5) is 14.6. The van der Waals surface area contributed by atoms with Crippen LogP contribution in [0.5, 0.6) is 0 Å². The zero-order valence-electron chi connectivity index (χ0n) is 12.2. The van der Waals surface area contributed by atoms with Crippen LogP contribution in [-0.2, 0) is 9.53 Å². The van der Waals surface area contributed by atoms with Crippen molar-refractivity contribution in [2.75, 3.05) is 33.3 Å². The summed E-state index contributed by atoms with van der Waals surface area (Å²) >= 11 is 0. The van der Waals surface area contributed by atoms with E-state index in [2.05, 4.69) is 22.5 Å². The normalized spacial score (nSPS) is 30.2. The standard InChI is InChI=1S/C14H27N3O2/c1-11(10-17-6-4-3-5-7-17)16-14(18)13-8-12(19-2)9-15-13/h11-13,15H,3-10H2,1-2H3,(H,16,18). The lowest BCUT2D eigenvalue weighted by molar-refractivity contribution is -0.123. The van der Waals surface area contributed by atoms with Crippen LogP contribution in [0.2, 0.25) is 0 Å². The Labute approximate surface area is 116 Å². The second kappa shape index (κ2) is 7.22. The minimum atomic E-state index is -0.0891. The van der Waals surface area contributed by atoms with Crippen molar-refractivity contribution >= 4 is 5.91 Å². The number of likely N-dealkylation sites (tertiary alicyclic amines) is 1.